The highest BCUT2D eigenvalue weighted by Gasteiger charge is 2.30. The van der Waals surface area contributed by atoms with E-state index in [4.69, 9.17) is 17.3 Å². The van der Waals surface area contributed by atoms with Crippen LogP contribution in [0.15, 0.2) is 30.3 Å². The van der Waals surface area contributed by atoms with E-state index in [-0.39, 0.29) is 23.8 Å². The van der Waals surface area contributed by atoms with Crippen LogP contribution in [0.25, 0.3) is 6.08 Å². The Balaban J connectivity index is 2.08. The minimum Gasteiger partial charge on any atom is -0.369 e. The molecule has 5 heteroatoms. The maximum Gasteiger partial charge on any atom is 0.246 e. The van der Waals surface area contributed by atoms with E-state index in [1.807, 2.05) is 25.1 Å². The SMILES string of the molecule is C[C@@H]1CC[C@H](C(N)=O)CN1C(=O)/C=C/c1ccccc1Cl. The number of halogens is 1. The Bertz CT molecular complexity index is 571. The predicted molar refractivity (Wildman–Crippen MR) is 83.6 cm³/mol. The van der Waals surface area contributed by atoms with E-state index < -0.39 is 0 Å². The van der Waals surface area contributed by atoms with Crippen LogP contribution in [0.5, 0.6) is 0 Å². The highest BCUT2D eigenvalue weighted by molar-refractivity contribution is 6.32. The van der Waals surface area contributed by atoms with Crippen molar-refractivity contribution in [2.75, 3.05) is 6.54 Å². The van der Waals surface area contributed by atoms with Gasteiger partial charge in [-0.15, -0.1) is 0 Å². The first-order valence-corrected chi connectivity index (χ1v) is 7.39. The molecule has 21 heavy (non-hydrogen) atoms. The molecule has 1 aromatic rings. The summed E-state index contributed by atoms with van der Waals surface area (Å²) >= 11 is 6.05. The van der Waals surface area contributed by atoms with Crippen LogP contribution in [0.1, 0.15) is 25.3 Å². The normalized spacial score (nSPS) is 22.5. The molecule has 1 heterocycles. The van der Waals surface area contributed by atoms with Gasteiger partial charge in [-0.1, -0.05) is 29.8 Å². The van der Waals surface area contributed by atoms with Crippen LogP contribution < -0.4 is 5.73 Å². The van der Waals surface area contributed by atoms with Gasteiger partial charge in [0.1, 0.15) is 0 Å². The number of piperidine rings is 1. The van der Waals surface area contributed by atoms with Crippen molar-refractivity contribution < 1.29 is 9.59 Å². The summed E-state index contributed by atoms with van der Waals surface area (Å²) in [5.74, 6) is -0.706. The lowest BCUT2D eigenvalue weighted by molar-refractivity contribution is -0.133. The molecule has 112 valence electrons. The van der Waals surface area contributed by atoms with Crippen molar-refractivity contribution in [1.29, 1.82) is 0 Å². The molecule has 1 aromatic carbocycles. The molecule has 0 spiro atoms. The molecule has 1 fully saturated rings. The second-order valence-electron chi connectivity index (χ2n) is 5.37. The smallest absolute Gasteiger partial charge is 0.246 e. The van der Waals surface area contributed by atoms with Gasteiger partial charge in [-0.25, -0.2) is 0 Å². The molecule has 1 saturated heterocycles. The Morgan fingerprint density at radius 2 is 2.05 bits per heavy atom. The van der Waals surface area contributed by atoms with Crippen molar-refractivity contribution in [3.8, 4) is 0 Å². The van der Waals surface area contributed by atoms with Crippen LogP contribution in [0.2, 0.25) is 5.02 Å². The number of carbonyl (C=O) groups excluding carboxylic acids is 2. The molecule has 2 amide bonds. The highest BCUT2D eigenvalue weighted by atomic mass is 35.5. The van der Waals surface area contributed by atoms with Crippen LogP contribution in [0.3, 0.4) is 0 Å². The zero-order valence-electron chi connectivity index (χ0n) is 12.0. The third-order valence-electron chi connectivity index (χ3n) is 3.88. The van der Waals surface area contributed by atoms with Crippen LogP contribution in [-0.4, -0.2) is 29.3 Å². The molecule has 0 aromatic heterocycles. The molecule has 4 nitrogen and oxygen atoms in total. The number of carbonyl (C=O) groups is 2. The molecule has 1 aliphatic rings. The lowest BCUT2D eigenvalue weighted by Gasteiger charge is -2.36. The van der Waals surface area contributed by atoms with Crippen molar-refractivity contribution in [3.05, 3.63) is 40.9 Å². The summed E-state index contributed by atoms with van der Waals surface area (Å²) in [5.41, 5.74) is 6.14. The number of hydrogen-bond acceptors (Lipinski definition) is 2. The second-order valence-corrected chi connectivity index (χ2v) is 5.78. The molecule has 2 N–H and O–H groups in total. The van der Waals surface area contributed by atoms with Gasteiger partial charge in [0.05, 0.1) is 5.92 Å². The Hall–Kier alpha value is -1.81. The fourth-order valence-corrected chi connectivity index (χ4v) is 2.71. The molecule has 1 aliphatic heterocycles. The molecule has 0 bridgehead atoms. The summed E-state index contributed by atoms with van der Waals surface area (Å²) in [6.07, 6.45) is 4.74. The maximum atomic E-state index is 12.3. The Labute approximate surface area is 129 Å². The number of nitrogens with zero attached hydrogens (tertiary/aromatic N) is 1. The average Bonchev–Trinajstić information content (AvgIpc) is 2.46. The summed E-state index contributed by atoms with van der Waals surface area (Å²) in [7, 11) is 0. The number of primary amides is 1. The van der Waals surface area contributed by atoms with E-state index >= 15 is 0 Å². The molecule has 0 unspecified atom stereocenters. The van der Waals surface area contributed by atoms with E-state index in [1.165, 1.54) is 6.08 Å². The van der Waals surface area contributed by atoms with Crippen molar-refractivity contribution >= 4 is 29.5 Å². The van der Waals surface area contributed by atoms with Gasteiger partial charge >= 0.3 is 0 Å². The lowest BCUT2D eigenvalue weighted by Crippen LogP contribution is -2.48. The van der Waals surface area contributed by atoms with Crippen LogP contribution >= 0.6 is 11.6 Å². The molecule has 2 atom stereocenters. The van der Waals surface area contributed by atoms with Crippen molar-refractivity contribution in [2.24, 2.45) is 11.7 Å². The molecule has 0 saturated carbocycles. The maximum absolute atomic E-state index is 12.3. The third kappa shape index (κ3) is 3.85. The van der Waals surface area contributed by atoms with Gasteiger partial charge in [-0.2, -0.15) is 0 Å². The third-order valence-corrected chi connectivity index (χ3v) is 4.22. The number of amides is 2. The summed E-state index contributed by atoms with van der Waals surface area (Å²) in [5, 5.41) is 0.600. The lowest BCUT2D eigenvalue weighted by atomic mass is 9.93. The first-order valence-electron chi connectivity index (χ1n) is 7.01. The van der Waals surface area contributed by atoms with Crippen LogP contribution in [0.4, 0.5) is 0 Å². The zero-order chi connectivity index (χ0) is 15.4. The van der Waals surface area contributed by atoms with E-state index in [0.29, 0.717) is 11.6 Å². The first kappa shape index (κ1) is 15.6. The van der Waals surface area contributed by atoms with Gasteiger partial charge < -0.3 is 10.6 Å². The van der Waals surface area contributed by atoms with Gasteiger partial charge in [0, 0.05) is 23.7 Å². The van der Waals surface area contributed by atoms with Crippen LogP contribution in [-0.2, 0) is 9.59 Å². The van der Waals surface area contributed by atoms with Gasteiger partial charge in [0.25, 0.3) is 0 Å². The quantitative estimate of drug-likeness (QED) is 0.872. The zero-order valence-corrected chi connectivity index (χ0v) is 12.7. The summed E-state index contributed by atoms with van der Waals surface area (Å²) in [4.78, 5) is 25.3. The summed E-state index contributed by atoms with van der Waals surface area (Å²) in [6.45, 7) is 2.38. The predicted octanol–water partition coefficient (Wildman–Crippen LogP) is 2.47. The Morgan fingerprint density at radius 3 is 2.71 bits per heavy atom. The number of benzene rings is 1. The minimum absolute atomic E-state index is 0.115. The van der Waals surface area contributed by atoms with E-state index in [9.17, 15) is 9.59 Å². The van der Waals surface area contributed by atoms with Gasteiger partial charge in [-0.05, 0) is 37.5 Å². The van der Waals surface area contributed by atoms with Crippen molar-refractivity contribution in [2.45, 2.75) is 25.8 Å². The topological polar surface area (TPSA) is 63.4 Å². The first-order chi connectivity index (χ1) is 9.99. The summed E-state index contributed by atoms with van der Waals surface area (Å²) in [6, 6.07) is 7.44. The van der Waals surface area contributed by atoms with Gasteiger partial charge in [0.15, 0.2) is 0 Å². The molecule has 0 aliphatic carbocycles. The van der Waals surface area contributed by atoms with Gasteiger partial charge in [-0.3, -0.25) is 9.59 Å². The molecule has 2 rings (SSSR count). The largest absolute Gasteiger partial charge is 0.369 e. The number of hydrogen-bond donors (Lipinski definition) is 1. The molecular formula is C16H19ClN2O2. The van der Waals surface area contributed by atoms with E-state index in [1.54, 1.807) is 17.0 Å². The fraction of sp³-hybridized carbons (Fsp3) is 0.375. The molecular weight excluding hydrogens is 288 g/mol. The number of likely N-dealkylation sites (tertiary alicyclic amines) is 1. The second kappa shape index (κ2) is 6.76. The highest BCUT2D eigenvalue weighted by Crippen LogP contribution is 2.22. The van der Waals surface area contributed by atoms with Gasteiger partial charge in [0.2, 0.25) is 11.8 Å². The van der Waals surface area contributed by atoms with Crippen molar-refractivity contribution in [1.82, 2.24) is 4.90 Å². The van der Waals surface area contributed by atoms with Crippen molar-refractivity contribution in [3.63, 3.8) is 0 Å². The molecule has 0 radical (unpaired) electrons. The fourth-order valence-electron chi connectivity index (χ4n) is 2.51. The summed E-state index contributed by atoms with van der Waals surface area (Å²) < 4.78 is 0. The Kier molecular flexibility index (Phi) is 5.02. The standard InChI is InChI=1S/C16H19ClN2O2/c1-11-6-7-13(16(18)21)10-19(11)15(20)9-8-12-4-2-3-5-14(12)17/h2-5,8-9,11,13H,6-7,10H2,1H3,(H2,18,21)/b9-8+/t11-,13+/m1/s1. The monoisotopic (exact) mass is 306 g/mol. The van der Waals surface area contributed by atoms with E-state index in [2.05, 4.69) is 0 Å². The Morgan fingerprint density at radius 1 is 1.33 bits per heavy atom. The minimum atomic E-state index is -0.338. The van der Waals surface area contributed by atoms with Crippen LogP contribution in [0, 0.1) is 5.92 Å². The van der Waals surface area contributed by atoms with E-state index in [0.717, 1.165) is 18.4 Å². The number of nitrogens with two attached hydrogens (primary N) is 1. The number of rotatable bonds is 3. The average molecular weight is 307 g/mol.